The minimum Gasteiger partial charge on any atom is -0.227 e. The molecule has 0 aliphatic heterocycles. The number of aromatic nitrogens is 7. The van der Waals surface area contributed by atoms with Gasteiger partial charge < -0.3 is 0 Å². The Bertz CT molecular complexity index is 1080. The number of para-hydroxylation sites is 1. The van der Waals surface area contributed by atoms with E-state index in [0.717, 1.165) is 27.9 Å². The van der Waals surface area contributed by atoms with Crippen molar-refractivity contribution in [3.05, 3.63) is 66.9 Å². The Morgan fingerprint density at radius 3 is 2.58 bits per heavy atom. The van der Waals surface area contributed by atoms with E-state index in [0.29, 0.717) is 5.82 Å². The summed E-state index contributed by atoms with van der Waals surface area (Å²) in [6.45, 7) is 0. The lowest BCUT2D eigenvalue weighted by molar-refractivity contribution is 0.802. The fraction of sp³-hybridized carbons (Fsp3) is 0. The third kappa shape index (κ3) is 1.88. The highest BCUT2D eigenvalue weighted by Gasteiger charge is 2.12. The quantitative estimate of drug-likeness (QED) is 0.500. The second kappa shape index (κ2) is 4.95. The van der Waals surface area contributed by atoms with Gasteiger partial charge in [-0.25, -0.2) is 9.50 Å². The smallest absolute Gasteiger partial charge is 0.156 e. The summed E-state index contributed by atoms with van der Waals surface area (Å²) in [6, 6.07) is 19.4. The summed E-state index contributed by atoms with van der Waals surface area (Å²) >= 11 is 0. The van der Waals surface area contributed by atoms with Gasteiger partial charge in [-0.2, -0.15) is 4.68 Å². The van der Waals surface area contributed by atoms with E-state index in [2.05, 4.69) is 20.6 Å². The van der Waals surface area contributed by atoms with Crippen molar-refractivity contribution in [3.63, 3.8) is 0 Å². The van der Waals surface area contributed by atoms with Crippen molar-refractivity contribution >= 4 is 16.6 Å². The van der Waals surface area contributed by atoms with Crippen LogP contribution in [0.1, 0.15) is 0 Å². The predicted octanol–water partition coefficient (Wildman–Crippen LogP) is 2.53. The highest BCUT2D eigenvalue weighted by molar-refractivity contribution is 5.77. The zero-order valence-electron chi connectivity index (χ0n) is 12.5. The van der Waals surface area contributed by atoms with Gasteiger partial charge in [0, 0.05) is 6.20 Å². The molecule has 0 saturated heterocycles. The summed E-state index contributed by atoms with van der Waals surface area (Å²) in [5.41, 5.74) is 4.13. The van der Waals surface area contributed by atoms with Crippen molar-refractivity contribution in [2.45, 2.75) is 0 Å². The van der Waals surface area contributed by atoms with Crippen molar-refractivity contribution in [1.29, 1.82) is 0 Å². The van der Waals surface area contributed by atoms with Crippen LogP contribution in [0.3, 0.4) is 0 Å². The standard InChI is InChI=1S/C17H11N7/c1-2-8-14-12(6-1)19-22-24(14)16-10-5-7-13(18-16)17-15-9-3-4-11-23(15)21-20-17/h1-11H. The maximum atomic E-state index is 4.70. The second-order valence-electron chi connectivity index (χ2n) is 5.34. The van der Waals surface area contributed by atoms with E-state index >= 15 is 0 Å². The average Bonchev–Trinajstić information content (AvgIpc) is 3.26. The largest absolute Gasteiger partial charge is 0.227 e. The molecule has 4 aromatic heterocycles. The Morgan fingerprint density at radius 1 is 0.708 bits per heavy atom. The molecule has 0 saturated carbocycles. The summed E-state index contributed by atoms with van der Waals surface area (Å²) in [7, 11) is 0. The Balaban J connectivity index is 1.69. The monoisotopic (exact) mass is 313 g/mol. The third-order valence-electron chi connectivity index (χ3n) is 3.87. The van der Waals surface area contributed by atoms with Gasteiger partial charge in [0.05, 0.1) is 16.7 Å². The molecule has 0 aliphatic rings. The Morgan fingerprint density at radius 2 is 1.58 bits per heavy atom. The number of fused-ring (bicyclic) bond motifs is 2. The van der Waals surface area contributed by atoms with Gasteiger partial charge in [0.1, 0.15) is 11.2 Å². The first kappa shape index (κ1) is 12.9. The molecule has 7 heteroatoms. The molecule has 0 spiro atoms. The highest BCUT2D eigenvalue weighted by atomic mass is 15.4. The molecule has 7 nitrogen and oxygen atoms in total. The van der Waals surface area contributed by atoms with E-state index in [1.807, 2.05) is 66.9 Å². The Kier molecular flexibility index (Phi) is 2.66. The van der Waals surface area contributed by atoms with Crippen molar-refractivity contribution in [3.8, 4) is 17.2 Å². The van der Waals surface area contributed by atoms with Gasteiger partial charge in [-0.1, -0.05) is 34.7 Å². The number of hydrogen-bond donors (Lipinski definition) is 0. The molecule has 0 radical (unpaired) electrons. The van der Waals surface area contributed by atoms with Crippen LogP contribution in [0.25, 0.3) is 33.8 Å². The molecule has 24 heavy (non-hydrogen) atoms. The van der Waals surface area contributed by atoms with Crippen LogP contribution in [0.5, 0.6) is 0 Å². The first-order valence-electron chi connectivity index (χ1n) is 7.48. The van der Waals surface area contributed by atoms with E-state index in [-0.39, 0.29) is 0 Å². The number of pyridine rings is 2. The summed E-state index contributed by atoms with van der Waals surface area (Å²) in [6.07, 6.45) is 1.86. The number of nitrogens with zero attached hydrogens (tertiary/aromatic N) is 7. The molecule has 0 unspecified atom stereocenters. The summed E-state index contributed by atoms with van der Waals surface area (Å²) in [5.74, 6) is 0.693. The van der Waals surface area contributed by atoms with Gasteiger partial charge in [-0.15, -0.1) is 10.2 Å². The molecule has 4 heterocycles. The lowest BCUT2D eigenvalue weighted by Gasteiger charge is -2.03. The van der Waals surface area contributed by atoms with Crippen molar-refractivity contribution < 1.29 is 0 Å². The van der Waals surface area contributed by atoms with Gasteiger partial charge in [-0.05, 0) is 36.4 Å². The molecule has 0 bridgehead atoms. The number of hydrogen-bond acceptors (Lipinski definition) is 5. The normalized spacial score (nSPS) is 11.3. The third-order valence-corrected chi connectivity index (χ3v) is 3.87. The molecule has 0 atom stereocenters. The molecule has 5 aromatic rings. The zero-order valence-corrected chi connectivity index (χ0v) is 12.5. The maximum absolute atomic E-state index is 4.70. The Labute approximate surface area is 136 Å². The maximum Gasteiger partial charge on any atom is 0.156 e. The van der Waals surface area contributed by atoms with E-state index in [1.165, 1.54) is 0 Å². The minimum atomic E-state index is 0.693. The van der Waals surface area contributed by atoms with Crippen molar-refractivity contribution in [2.24, 2.45) is 0 Å². The van der Waals surface area contributed by atoms with Crippen molar-refractivity contribution in [1.82, 2.24) is 34.8 Å². The molecule has 0 N–H and O–H groups in total. The van der Waals surface area contributed by atoms with E-state index in [4.69, 9.17) is 4.98 Å². The highest BCUT2D eigenvalue weighted by Crippen LogP contribution is 2.22. The minimum absolute atomic E-state index is 0.693. The van der Waals surface area contributed by atoms with Crippen molar-refractivity contribution in [2.75, 3.05) is 0 Å². The SMILES string of the molecule is c1cc(-c2nnn3ccccc23)nc(-n2nnc3ccccc32)c1. The molecule has 5 rings (SSSR count). The van der Waals surface area contributed by atoms with E-state index in [9.17, 15) is 0 Å². The van der Waals surface area contributed by atoms with Gasteiger partial charge in [0.15, 0.2) is 5.82 Å². The van der Waals surface area contributed by atoms with E-state index < -0.39 is 0 Å². The lowest BCUT2D eigenvalue weighted by atomic mass is 10.2. The van der Waals surface area contributed by atoms with Gasteiger partial charge >= 0.3 is 0 Å². The topological polar surface area (TPSA) is 73.8 Å². The summed E-state index contributed by atoms with van der Waals surface area (Å²) < 4.78 is 3.46. The average molecular weight is 313 g/mol. The first-order valence-corrected chi connectivity index (χ1v) is 7.48. The second-order valence-corrected chi connectivity index (χ2v) is 5.34. The van der Waals surface area contributed by atoms with Crippen LogP contribution in [-0.2, 0) is 0 Å². The number of benzene rings is 1. The molecular formula is C17H11N7. The van der Waals surface area contributed by atoms with Crippen LogP contribution < -0.4 is 0 Å². The van der Waals surface area contributed by atoms with E-state index in [1.54, 1.807) is 9.20 Å². The molecule has 114 valence electrons. The summed E-state index contributed by atoms with van der Waals surface area (Å²) in [5, 5.41) is 16.8. The first-order chi connectivity index (χ1) is 11.9. The van der Waals surface area contributed by atoms with Gasteiger partial charge in [0.2, 0.25) is 0 Å². The number of rotatable bonds is 2. The molecule has 0 aliphatic carbocycles. The van der Waals surface area contributed by atoms with Crippen LogP contribution in [-0.4, -0.2) is 34.8 Å². The van der Waals surface area contributed by atoms with Crippen LogP contribution >= 0.6 is 0 Å². The molecule has 0 fully saturated rings. The zero-order chi connectivity index (χ0) is 15.9. The van der Waals surface area contributed by atoms with Crippen LogP contribution in [0.15, 0.2) is 66.9 Å². The molecular weight excluding hydrogens is 302 g/mol. The lowest BCUT2D eigenvalue weighted by Crippen LogP contribution is -2.00. The fourth-order valence-electron chi connectivity index (χ4n) is 2.74. The summed E-state index contributed by atoms with van der Waals surface area (Å²) in [4.78, 5) is 4.70. The van der Waals surface area contributed by atoms with Crippen LogP contribution in [0.2, 0.25) is 0 Å². The Hall–Kier alpha value is -3.61. The fourth-order valence-corrected chi connectivity index (χ4v) is 2.74. The molecule has 1 aromatic carbocycles. The predicted molar refractivity (Wildman–Crippen MR) is 88.6 cm³/mol. The van der Waals surface area contributed by atoms with Gasteiger partial charge in [0.25, 0.3) is 0 Å². The van der Waals surface area contributed by atoms with Crippen LogP contribution in [0, 0.1) is 0 Å². The molecule has 0 amide bonds. The van der Waals surface area contributed by atoms with Gasteiger partial charge in [-0.3, -0.25) is 0 Å². The van der Waals surface area contributed by atoms with Crippen LogP contribution in [0.4, 0.5) is 0 Å².